The maximum absolute atomic E-state index is 3.46. The van der Waals surface area contributed by atoms with E-state index in [0.717, 1.165) is 13.1 Å². The quantitative estimate of drug-likeness (QED) is 0.870. The Kier molecular flexibility index (Phi) is 4.67. The summed E-state index contributed by atoms with van der Waals surface area (Å²) in [6.45, 7) is 18.2. The minimum Gasteiger partial charge on any atom is -0.364 e. The lowest BCUT2D eigenvalue weighted by Gasteiger charge is -2.50. The van der Waals surface area contributed by atoms with Crippen LogP contribution in [0, 0.1) is 6.92 Å². The Bertz CT molecular complexity index is 503. The molecule has 1 aromatic rings. The molecular formula is C19H32N2. The number of nitrogens with zero attached hydrogens (tertiary/aromatic N) is 1. The average Bonchev–Trinajstić information content (AvgIpc) is 2.35. The standard InChI is InChI=1S/C19H32N2/c1-8-20-12-16-10-17-15(5)11-19(6,7)21(13(2)3)18(17)9-14(16)4/h9-10,13,15,20H,8,11-12H2,1-7H3/t15-/m1/s1. The second-order valence-electron chi connectivity index (χ2n) is 7.50. The van der Waals surface area contributed by atoms with E-state index in [0.29, 0.717) is 12.0 Å². The maximum atomic E-state index is 3.46. The van der Waals surface area contributed by atoms with Gasteiger partial charge >= 0.3 is 0 Å². The molecule has 0 radical (unpaired) electrons. The highest BCUT2D eigenvalue weighted by atomic mass is 15.2. The molecule has 0 unspecified atom stereocenters. The van der Waals surface area contributed by atoms with Gasteiger partial charge in [0.1, 0.15) is 0 Å². The highest BCUT2D eigenvalue weighted by Crippen LogP contribution is 2.45. The summed E-state index contributed by atoms with van der Waals surface area (Å²) >= 11 is 0. The molecule has 1 aliphatic heterocycles. The largest absolute Gasteiger partial charge is 0.364 e. The Morgan fingerprint density at radius 2 is 2.00 bits per heavy atom. The molecule has 0 saturated carbocycles. The van der Waals surface area contributed by atoms with Gasteiger partial charge in [0, 0.05) is 23.8 Å². The highest BCUT2D eigenvalue weighted by Gasteiger charge is 2.37. The topological polar surface area (TPSA) is 15.3 Å². The van der Waals surface area contributed by atoms with Gasteiger partial charge in [0.05, 0.1) is 0 Å². The van der Waals surface area contributed by atoms with Crippen LogP contribution in [0.5, 0.6) is 0 Å². The summed E-state index contributed by atoms with van der Waals surface area (Å²) in [7, 11) is 0. The predicted octanol–water partition coefficient (Wildman–Crippen LogP) is 4.61. The lowest BCUT2D eigenvalue weighted by Crippen LogP contribution is -2.51. The van der Waals surface area contributed by atoms with Crippen molar-refractivity contribution >= 4 is 5.69 Å². The second-order valence-corrected chi connectivity index (χ2v) is 7.50. The number of benzene rings is 1. The normalized spacial score (nSPS) is 20.8. The van der Waals surface area contributed by atoms with E-state index in [4.69, 9.17) is 0 Å². The number of fused-ring (bicyclic) bond motifs is 1. The van der Waals surface area contributed by atoms with Gasteiger partial charge in [-0.25, -0.2) is 0 Å². The SMILES string of the molecule is CCNCc1cc2c(cc1C)N(C(C)C)C(C)(C)C[C@H]2C. The van der Waals surface area contributed by atoms with Gasteiger partial charge in [-0.05, 0) is 76.3 Å². The fraction of sp³-hybridized carbons (Fsp3) is 0.684. The van der Waals surface area contributed by atoms with Crippen LogP contribution in [0.4, 0.5) is 5.69 Å². The Morgan fingerprint density at radius 3 is 2.57 bits per heavy atom. The number of hydrogen-bond acceptors (Lipinski definition) is 2. The summed E-state index contributed by atoms with van der Waals surface area (Å²) in [6.07, 6.45) is 1.22. The zero-order valence-electron chi connectivity index (χ0n) is 14.9. The zero-order valence-corrected chi connectivity index (χ0v) is 14.9. The molecule has 0 aliphatic carbocycles. The van der Waals surface area contributed by atoms with Crippen LogP contribution in [0.15, 0.2) is 12.1 Å². The van der Waals surface area contributed by atoms with Crippen LogP contribution >= 0.6 is 0 Å². The molecule has 0 fully saturated rings. The Balaban J connectivity index is 2.50. The van der Waals surface area contributed by atoms with Gasteiger partial charge in [0.15, 0.2) is 0 Å². The maximum Gasteiger partial charge on any atom is 0.0411 e. The van der Waals surface area contributed by atoms with Crippen molar-refractivity contribution in [2.75, 3.05) is 11.4 Å². The van der Waals surface area contributed by atoms with Gasteiger partial charge in [-0.2, -0.15) is 0 Å². The van der Waals surface area contributed by atoms with Crippen molar-refractivity contribution in [3.63, 3.8) is 0 Å². The molecule has 1 aromatic carbocycles. The fourth-order valence-corrected chi connectivity index (χ4v) is 4.07. The third-order valence-electron chi connectivity index (χ3n) is 4.82. The first kappa shape index (κ1) is 16.4. The molecule has 1 aliphatic rings. The summed E-state index contributed by atoms with van der Waals surface area (Å²) < 4.78 is 0. The summed E-state index contributed by atoms with van der Waals surface area (Å²) in [5.41, 5.74) is 6.07. The molecular weight excluding hydrogens is 256 g/mol. The summed E-state index contributed by atoms with van der Waals surface area (Å²) in [5, 5.41) is 3.46. The lowest BCUT2D eigenvalue weighted by atomic mass is 9.78. The smallest absolute Gasteiger partial charge is 0.0411 e. The number of aryl methyl sites for hydroxylation is 1. The van der Waals surface area contributed by atoms with Gasteiger partial charge in [0.25, 0.3) is 0 Å². The third-order valence-corrected chi connectivity index (χ3v) is 4.82. The van der Waals surface area contributed by atoms with Gasteiger partial charge in [-0.1, -0.05) is 19.9 Å². The molecule has 1 N–H and O–H groups in total. The molecule has 2 nitrogen and oxygen atoms in total. The summed E-state index contributed by atoms with van der Waals surface area (Å²) in [6, 6.07) is 5.40. The van der Waals surface area contributed by atoms with Gasteiger partial charge < -0.3 is 10.2 Å². The first-order chi connectivity index (χ1) is 9.77. The van der Waals surface area contributed by atoms with E-state index in [1.165, 1.54) is 28.8 Å². The van der Waals surface area contributed by atoms with Crippen LogP contribution in [-0.2, 0) is 6.54 Å². The fourth-order valence-electron chi connectivity index (χ4n) is 4.07. The van der Waals surface area contributed by atoms with Crippen LogP contribution < -0.4 is 10.2 Å². The number of rotatable bonds is 4. The monoisotopic (exact) mass is 288 g/mol. The van der Waals surface area contributed by atoms with Crippen LogP contribution in [0.3, 0.4) is 0 Å². The zero-order chi connectivity index (χ0) is 15.8. The van der Waals surface area contributed by atoms with Crippen molar-refractivity contribution in [2.24, 2.45) is 0 Å². The van der Waals surface area contributed by atoms with Crippen molar-refractivity contribution in [1.29, 1.82) is 0 Å². The van der Waals surface area contributed by atoms with Crippen molar-refractivity contribution in [3.05, 3.63) is 28.8 Å². The Morgan fingerprint density at radius 1 is 1.33 bits per heavy atom. The minimum absolute atomic E-state index is 0.232. The number of hydrogen-bond donors (Lipinski definition) is 1. The molecule has 21 heavy (non-hydrogen) atoms. The molecule has 0 saturated heterocycles. The van der Waals surface area contributed by atoms with E-state index in [9.17, 15) is 0 Å². The molecule has 0 bridgehead atoms. The van der Waals surface area contributed by atoms with Crippen LogP contribution in [0.1, 0.15) is 70.6 Å². The third kappa shape index (κ3) is 3.11. The average molecular weight is 288 g/mol. The lowest BCUT2D eigenvalue weighted by molar-refractivity contribution is 0.355. The van der Waals surface area contributed by atoms with E-state index in [1.807, 2.05) is 0 Å². The van der Waals surface area contributed by atoms with Crippen LogP contribution in [0.2, 0.25) is 0 Å². The number of anilines is 1. The molecule has 0 amide bonds. The van der Waals surface area contributed by atoms with Crippen molar-refractivity contribution in [3.8, 4) is 0 Å². The van der Waals surface area contributed by atoms with Crippen LogP contribution in [0.25, 0.3) is 0 Å². The minimum atomic E-state index is 0.232. The molecule has 0 aromatic heterocycles. The first-order valence-electron chi connectivity index (χ1n) is 8.41. The molecule has 0 spiro atoms. The molecule has 118 valence electrons. The van der Waals surface area contributed by atoms with E-state index >= 15 is 0 Å². The van der Waals surface area contributed by atoms with Gasteiger partial charge in [-0.15, -0.1) is 0 Å². The first-order valence-corrected chi connectivity index (χ1v) is 8.41. The summed E-state index contributed by atoms with van der Waals surface area (Å²) in [4.78, 5) is 2.62. The van der Waals surface area contributed by atoms with Crippen molar-refractivity contribution in [2.45, 2.75) is 78.9 Å². The molecule has 1 atom stereocenters. The number of nitrogens with one attached hydrogen (secondary N) is 1. The van der Waals surface area contributed by atoms with E-state index in [-0.39, 0.29) is 5.54 Å². The highest BCUT2D eigenvalue weighted by molar-refractivity contribution is 5.63. The summed E-state index contributed by atoms with van der Waals surface area (Å²) in [5.74, 6) is 0.631. The van der Waals surface area contributed by atoms with Crippen molar-refractivity contribution < 1.29 is 0 Å². The van der Waals surface area contributed by atoms with Crippen LogP contribution in [-0.4, -0.2) is 18.1 Å². The second kappa shape index (κ2) is 6.00. The molecule has 1 heterocycles. The van der Waals surface area contributed by atoms with Gasteiger partial charge in [-0.3, -0.25) is 0 Å². The Labute approximate surface area is 130 Å². The van der Waals surface area contributed by atoms with Crippen molar-refractivity contribution in [1.82, 2.24) is 5.32 Å². The van der Waals surface area contributed by atoms with E-state index in [1.54, 1.807) is 0 Å². The van der Waals surface area contributed by atoms with Gasteiger partial charge in [0.2, 0.25) is 0 Å². The molecule has 2 heteroatoms. The Hall–Kier alpha value is -1.02. The van der Waals surface area contributed by atoms with E-state index in [2.05, 4.69) is 70.8 Å². The predicted molar refractivity (Wildman–Crippen MR) is 93.3 cm³/mol. The molecule has 2 rings (SSSR count). The van der Waals surface area contributed by atoms with E-state index < -0.39 is 0 Å².